The highest BCUT2D eigenvalue weighted by molar-refractivity contribution is 7.57. The van der Waals surface area contributed by atoms with Gasteiger partial charge in [-0.25, -0.2) is 0 Å². The Morgan fingerprint density at radius 2 is 0.800 bits per heavy atom. The van der Waals surface area contributed by atoms with E-state index in [1.807, 2.05) is 7.05 Å². The van der Waals surface area contributed by atoms with E-state index >= 15 is 0 Å². The van der Waals surface area contributed by atoms with Gasteiger partial charge in [0, 0.05) is 0 Å². The van der Waals surface area contributed by atoms with E-state index < -0.39 is 7.37 Å². The first kappa shape index (κ1) is 40.1. The van der Waals surface area contributed by atoms with Crippen molar-refractivity contribution in [3.8, 4) is 0 Å². The molecule has 0 rings (SSSR count). The summed E-state index contributed by atoms with van der Waals surface area (Å²) in [5.41, 5.74) is 0. The van der Waals surface area contributed by atoms with Crippen molar-refractivity contribution in [1.29, 1.82) is 0 Å². The number of hydrogen-bond acceptors (Lipinski definition) is 3. The van der Waals surface area contributed by atoms with Gasteiger partial charge in [0.15, 0.2) is 0 Å². The van der Waals surface area contributed by atoms with Crippen molar-refractivity contribution in [2.75, 3.05) is 32.7 Å². The van der Waals surface area contributed by atoms with Crippen molar-refractivity contribution in [2.24, 2.45) is 0 Å². The summed E-state index contributed by atoms with van der Waals surface area (Å²) in [6, 6.07) is 0. The standard InChI is InChI=1S/C35H75N2O2P/c1-4-6-8-10-12-14-16-18-20-22-24-26-28-30-32-36-34-40(38,39)35-37(3)33-31-29-27-25-23-21-19-17-15-13-11-9-7-5-2/h36H,4-35H2,1-3H3,(H,38,39). The summed E-state index contributed by atoms with van der Waals surface area (Å²) in [6.45, 7) is 6.37. The van der Waals surface area contributed by atoms with Gasteiger partial charge in [-0.1, -0.05) is 181 Å². The smallest absolute Gasteiger partial charge is 0.227 e. The van der Waals surface area contributed by atoms with E-state index in [1.165, 1.54) is 167 Å². The second-order valence-electron chi connectivity index (χ2n) is 12.9. The van der Waals surface area contributed by atoms with Crippen LogP contribution in [0.3, 0.4) is 0 Å². The molecule has 0 spiro atoms. The van der Waals surface area contributed by atoms with Crippen LogP contribution in [0, 0.1) is 0 Å². The summed E-state index contributed by atoms with van der Waals surface area (Å²) < 4.78 is 12.6. The van der Waals surface area contributed by atoms with Gasteiger partial charge in [0.2, 0.25) is 7.37 Å². The van der Waals surface area contributed by atoms with Gasteiger partial charge in [-0.15, -0.1) is 0 Å². The molecule has 0 aromatic rings. The molecular formula is C35H75N2O2P. The van der Waals surface area contributed by atoms with Gasteiger partial charge in [0.25, 0.3) is 0 Å². The molecule has 0 aromatic heterocycles. The molecule has 5 heteroatoms. The highest BCUT2D eigenvalue weighted by atomic mass is 31.2. The number of unbranched alkanes of at least 4 members (excludes halogenated alkanes) is 26. The average molecular weight is 587 g/mol. The molecule has 0 fully saturated rings. The zero-order valence-electron chi connectivity index (χ0n) is 27.9. The fourth-order valence-corrected chi connectivity index (χ4v) is 7.28. The lowest BCUT2D eigenvalue weighted by Crippen LogP contribution is -2.25. The summed E-state index contributed by atoms with van der Waals surface area (Å²) in [7, 11) is -1.11. The average Bonchev–Trinajstić information content (AvgIpc) is 2.92. The lowest BCUT2D eigenvalue weighted by atomic mass is 10.0. The predicted molar refractivity (Wildman–Crippen MR) is 181 cm³/mol. The summed E-state index contributed by atoms with van der Waals surface area (Å²) in [6.07, 6.45) is 38.8. The normalized spacial score (nSPS) is 13.3. The van der Waals surface area contributed by atoms with Crippen molar-refractivity contribution in [3.05, 3.63) is 0 Å². The topological polar surface area (TPSA) is 52.6 Å². The minimum absolute atomic E-state index is 0.258. The number of nitrogens with one attached hydrogen (secondary N) is 1. The number of hydrogen-bond donors (Lipinski definition) is 2. The third-order valence-electron chi connectivity index (χ3n) is 8.42. The van der Waals surface area contributed by atoms with Crippen molar-refractivity contribution < 1.29 is 9.46 Å². The van der Waals surface area contributed by atoms with Gasteiger partial charge in [-0.3, -0.25) is 9.46 Å². The van der Waals surface area contributed by atoms with Crippen LogP contribution in [0.5, 0.6) is 0 Å². The molecule has 0 bridgehead atoms. The summed E-state index contributed by atoms with van der Waals surface area (Å²) >= 11 is 0. The van der Waals surface area contributed by atoms with Crippen LogP contribution in [0.2, 0.25) is 0 Å². The molecule has 1 unspecified atom stereocenters. The van der Waals surface area contributed by atoms with E-state index in [2.05, 4.69) is 24.1 Å². The van der Waals surface area contributed by atoms with Crippen LogP contribution in [0.15, 0.2) is 0 Å². The zero-order valence-corrected chi connectivity index (χ0v) is 28.8. The van der Waals surface area contributed by atoms with Crippen LogP contribution < -0.4 is 5.32 Å². The first-order valence-electron chi connectivity index (χ1n) is 18.2. The molecular weight excluding hydrogens is 511 g/mol. The SMILES string of the molecule is CCCCCCCCCCCCCCCCNCP(=O)(O)CN(C)CCCCCCCCCCCCCCCC. The van der Waals surface area contributed by atoms with E-state index in [4.69, 9.17) is 0 Å². The van der Waals surface area contributed by atoms with Crippen molar-refractivity contribution in [3.63, 3.8) is 0 Å². The maximum atomic E-state index is 12.6. The van der Waals surface area contributed by atoms with Crippen molar-refractivity contribution in [1.82, 2.24) is 10.2 Å². The fraction of sp³-hybridized carbons (Fsp3) is 1.00. The molecule has 0 heterocycles. The molecule has 1 atom stereocenters. The predicted octanol–water partition coefficient (Wildman–Crippen LogP) is 11.7. The maximum Gasteiger partial charge on any atom is 0.227 e. The Bertz CT molecular complexity index is 532. The fourth-order valence-electron chi connectivity index (χ4n) is 5.77. The molecule has 0 aromatic carbocycles. The first-order chi connectivity index (χ1) is 19.5. The van der Waals surface area contributed by atoms with E-state index in [1.54, 1.807) is 0 Å². The second-order valence-corrected chi connectivity index (χ2v) is 15.2. The van der Waals surface area contributed by atoms with Crippen molar-refractivity contribution >= 4 is 7.37 Å². The van der Waals surface area contributed by atoms with E-state index in [0.717, 1.165) is 25.9 Å². The van der Waals surface area contributed by atoms with Gasteiger partial charge >= 0.3 is 0 Å². The highest BCUT2D eigenvalue weighted by Crippen LogP contribution is 2.39. The Morgan fingerprint density at radius 1 is 0.500 bits per heavy atom. The Hall–Kier alpha value is 0.110. The largest absolute Gasteiger partial charge is 0.343 e. The number of nitrogens with zero attached hydrogens (tertiary/aromatic N) is 1. The first-order valence-corrected chi connectivity index (χ1v) is 20.2. The molecule has 0 aliphatic carbocycles. The monoisotopic (exact) mass is 587 g/mol. The molecule has 0 amide bonds. The Labute approximate surface area is 253 Å². The maximum absolute atomic E-state index is 12.6. The molecule has 2 N–H and O–H groups in total. The molecule has 242 valence electrons. The van der Waals surface area contributed by atoms with Gasteiger partial charge in [0.1, 0.15) is 0 Å². The van der Waals surface area contributed by atoms with Gasteiger partial charge in [-0.2, -0.15) is 0 Å². The van der Waals surface area contributed by atoms with Crippen LogP contribution in [0.25, 0.3) is 0 Å². The Balaban J connectivity index is 3.40. The molecule has 0 saturated heterocycles. The van der Waals surface area contributed by atoms with E-state index in [0.29, 0.717) is 6.29 Å². The van der Waals surface area contributed by atoms with Crippen LogP contribution in [-0.4, -0.2) is 42.5 Å². The number of rotatable bonds is 34. The van der Waals surface area contributed by atoms with Crippen molar-refractivity contribution in [2.45, 2.75) is 194 Å². The summed E-state index contributed by atoms with van der Waals surface area (Å²) in [5.74, 6) is 0. The second kappa shape index (κ2) is 32.0. The summed E-state index contributed by atoms with van der Waals surface area (Å²) in [5, 5.41) is 3.25. The summed E-state index contributed by atoms with van der Waals surface area (Å²) in [4.78, 5) is 12.4. The van der Waals surface area contributed by atoms with E-state index in [-0.39, 0.29) is 6.29 Å². The van der Waals surface area contributed by atoms with Crippen LogP contribution in [-0.2, 0) is 4.57 Å². The lowest BCUT2D eigenvalue weighted by Gasteiger charge is -2.21. The van der Waals surface area contributed by atoms with Crippen LogP contribution in [0.4, 0.5) is 0 Å². The molecule has 0 aliphatic rings. The Kier molecular flexibility index (Phi) is 32.1. The Morgan fingerprint density at radius 3 is 1.15 bits per heavy atom. The molecule has 0 saturated carbocycles. The highest BCUT2D eigenvalue weighted by Gasteiger charge is 2.19. The lowest BCUT2D eigenvalue weighted by molar-refractivity contribution is 0.346. The van der Waals surface area contributed by atoms with Gasteiger partial charge in [-0.05, 0) is 33.0 Å². The van der Waals surface area contributed by atoms with Gasteiger partial charge in [0.05, 0.1) is 12.6 Å². The molecule has 40 heavy (non-hydrogen) atoms. The molecule has 0 aliphatic heterocycles. The third-order valence-corrected chi connectivity index (χ3v) is 10.1. The van der Waals surface area contributed by atoms with E-state index in [9.17, 15) is 9.46 Å². The molecule has 4 nitrogen and oxygen atoms in total. The van der Waals surface area contributed by atoms with Gasteiger partial charge < -0.3 is 10.2 Å². The third kappa shape index (κ3) is 32.6. The quantitative estimate of drug-likeness (QED) is 0.0581. The minimum Gasteiger partial charge on any atom is -0.343 e. The minimum atomic E-state index is -3.11. The molecule has 0 radical (unpaired) electrons. The van der Waals surface area contributed by atoms with Crippen LogP contribution >= 0.6 is 7.37 Å². The zero-order chi connectivity index (χ0) is 29.4. The van der Waals surface area contributed by atoms with Crippen LogP contribution in [0.1, 0.15) is 194 Å².